The third-order valence-electron chi connectivity index (χ3n) is 6.04. The Hall–Kier alpha value is -3.54. The van der Waals surface area contributed by atoms with E-state index in [4.69, 9.17) is 14.2 Å². The molecular formula is C26H27NO5. The fourth-order valence-electron chi connectivity index (χ4n) is 4.36. The summed E-state index contributed by atoms with van der Waals surface area (Å²) in [5.74, 6) is 0.880. The maximum Gasteiger partial charge on any atom is 0.355 e. The van der Waals surface area contributed by atoms with Crippen molar-refractivity contribution in [1.29, 1.82) is 0 Å². The quantitative estimate of drug-likeness (QED) is 0.549. The summed E-state index contributed by atoms with van der Waals surface area (Å²) in [5, 5.41) is 0. The number of aromatic amines is 1. The average molecular weight is 434 g/mol. The van der Waals surface area contributed by atoms with Crippen LogP contribution in [-0.4, -0.2) is 37.6 Å². The Bertz CT molecular complexity index is 1130. The molecule has 1 atom stereocenters. The van der Waals surface area contributed by atoms with Gasteiger partial charge in [0.1, 0.15) is 5.69 Å². The van der Waals surface area contributed by atoms with Crippen molar-refractivity contribution in [1.82, 2.24) is 4.98 Å². The van der Waals surface area contributed by atoms with Crippen LogP contribution in [0.15, 0.2) is 48.5 Å². The number of ketones is 1. The summed E-state index contributed by atoms with van der Waals surface area (Å²) in [6.07, 6.45) is 1.66. The zero-order chi connectivity index (χ0) is 22.7. The third kappa shape index (κ3) is 4.26. The number of aromatic nitrogens is 1. The van der Waals surface area contributed by atoms with Gasteiger partial charge >= 0.3 is 5.97 Å². The van der Waals surface area contributed by atoms with Gasteiger partial charge in [-0.3, -0.25) is 4.79 Å². The van der Waals surface area contributed by atoms with Crippen molar-refractivity contribution in [2.75, 3.05) is 20.8 Å². The molecule has 0 amide bonds. The summed E-state index contributed by atoms with van der Waals surface area (Å²) in [4.78, 5) is 28.8. The van der Waals surface area contributed by atoms with Crippen LogP contribution in [0, 0.1) is 6.92 Å². The summed E-state index contributed by atoms with van der Waals surface area (Å²) in [5.41, 5.74) is 4.55. The number of carbonyl (C=O) groups is 2. The monoisotopic (exact) mass is 433 g/mol. The summed E-state index contributed by atoms with van der Waals surface area (Å²) < 4.78 is 16.2. The zero-order valence-corrected chi connectivity index (χ0v) is 18.6. The van der Waals surface area contributed by atoms with Crippen LogP contribution in [0.1, 0.15) is 55.6 Å². The number of Topliss-reactive ketones (excluding diaryl/α,β-unsaturated/α-hetero) is 1. The largest absolute Gasteiger partial charge is 0.493 e. The molecule has 32 heavy (non-hydrogen) atoms. The highest BCUT2D eigenvalue weighted by Gasteiger charge is 2.32. The molecule has 1 heterocycles. The number of methoxy groups -OCH3 is 2. The van der Waals surface area contributed by atoms with Gasteiger partial charge in [-0.1, -0.05) is 36.4 Å². The molecule has 0 radical (unpaired) electrons. The van der Waals surface area contributed by atoms with E-state index >= 15 is 0 Å². The highest BCUT2D eigenvalue weighted by Crippen LogP contribution is 2.38. The topological polar surface area (TPSA) is 77.6 Å². The van der Waals surface area contributed by atoms with Crippen molar-refractivity contribution in [2.24, 2.45) is 0 Å². The molecule has 3 aromatic rings. The maximum absolute atomic E-state index is 13.0. The molecule has 0 aliphatic heterocycles. The number of ether oxygens (including phenoxy) is 3. The van der Waals surface area contributed by atoms with Gasteiger partial charge in [0.15, 0.2) is 17.3 Å². The Morgan fingerprint density at radius 2 is 1.78 bits per heavy atom. The van der Waals surface area contributed by atoms with Crippen molar-refractivity contribution in [2.45, 2.75) is 32.1 Å². The first-order valence-corrected chi connectivity index (χ1v) is 10.7. The molecule has 1 aliphatic carbocycles. The predicted octanol–water partition coefficient (Wildman–Crippen LogP) is 4.65. The van der Waals surface area contributed by atoms with Gasteiger partial charge in [-0.05, 0) is 48.1 Å². The molecule has 1 unspecified atom stereocenters. The van der Waals surface area contributed by atoms with Crippen LogP contribution in [0.5, 0.6) is 11.5 Å². The molecule has 6 nitrogen and oxygen atoms in total. The lowest BCUT2D eigenvalue weighted by atomic mass is 9.81. The van der Waals surface area contributed by atoms with Gasteiger partial charge in [0.25, 0.3) is 0 Å². The minimum absolute atomic E-state index is 0.00481. The Labute approximate surface area is 187 Å². The van der Waals surface area contributed by atoms with E-state index < -0.39 is 5.97 Å². The standard InChI is InChI=1S/C26H27NO5/c1-16-24-20(27-25(16)26(29)32-12-11-17-7-5-4-6-8-17)13-19(14-21(24)28)18-9-10-22(30-2)23(15-18)31-3/h4-10,15,19,27H,11-14H2,1-3H3. The number of hydrogen-bond acceptors (Lipinski definition) is 5. The molecule has 0 saturated heterocycles. The predicted molar refractivity (Wildman–Crippen MR) is 121 cm³/mol. The number of carbonyl (C=O) groups excluding carboxylic acids is 2. The van der Waals surface area contributed by atoms with Crippen LogP contribution in [0.4, 0.5) is 0 Å². The average Bonchev–Trinajstić information content (AvgIpc) is 3.16. The van der Waals surface area contributed by atoms with Crippen LogP contribution < -0.4 is 9.47 Å². The van der Waals surface area contributed by atoms with Crippen LogP contribution in [-0.2, 0) is 17.6 Å². The Balaban J connectivity index is 1.50. The van der Waals surface area contributed by atoms with Crippen LogP contribution in [0.2, 0.25) is 0 Å². The Morgan fingerprint density at radius 1 is 1.03 bits per heavy atom. The molecule has 2 aromatic carbocycles. The summed E-state index contributed by atoms with van der Waals surface area (Å²) >= 11 is 0. The highest BCUT2D eigenvalue weighted by atomic mass is 16.5. The van der Waals surface area contributed by atoms with Crippen molar-refractivity contribution >= 4 is 11.8 Å². The van der Waals surface area contributed by atoms with Crippen LogP contribution >= 0.6 is 0 Å². The van der Waals surface area contributed by atoms with Crippen molar-refractivity contribution < 1.29 is 23.8 Å². The zero-order valence-electron chi connectivity index (χ0n) is 18.6. The molecule has 0 spiro atoms. The first-order chi connectivity index (χ1) is 15.5. The molecule has 1 aromatic heterocycles. The smallest absolute Gasteiger partial charge is 0.355 e. The molecule has 0 saturated carbocycles. The number of rotatable bonds is 7. The Kier molecular flexibility index (Phi) is 6.30. The van der Waals surface area contributed by atoms with Gasteiger partial charge in [0.2, 0.25) is 0 Å². The van der Waals surface area contributed by atoms with Crippen molar-refractivity contribution in [3.8, 4) is 11.5 Å². The maximum atomic E-state index is 13.0. The van der Waals surface area contributed by atoms with E-state index in [1.165, 1.54) is 0 Å². The van der Waals surface area contributed by atoms with Crippen LogP contribution in [0.25, 0.3) is 0 Å². The molecule has 6 heteroatoms. The van der Waals surface area contributed by atoms with Gasteiger partial charge in [0.05, 0.1) is 20.8 Å². The van der Waals surface area contributed by atoms with Gasteiger partial charge < -0.3 is 19.2 Å². The number of H-pyrrole nitrogens is 1. The first kappa shape index (κ1) is 21.7. The first-order valence-electron chi connectivity index (χ1n) is 10.7. The Morgan fingerprint density at radius 3 is 2.50 bits per heavy atom. The molecule has 1 aliphatic rings. The third-order valence-corrected chi connectivity index (χ3v) is 6.04. The lowest BCUT2D eigenvalue weighted by Gasteiger charge is -2.23. The van der Waals surface area contributed by atoms with E-state index in [9.17, 15) is 9.59 Å². The SMILES string of the molecule is COc1ccc(C2CC(=O)c3c([nH]c(C(=O)OCCc4ccccc4)c3C)C2)cc1OC. The fourth-order valence-corrected chi connectivity index (χ4v) is 4.36. The minimum atomic E-state index is -0.428. The van der Waals surface area contributed by atoms with E-state index in [0.717, 1.165) is 16.8 Å². The van der Waals surface area contributed by atoms with Gasteiger partial charge in [-0.15, -0.1) is 0 Å². The normalized spacial score (nSPS) is 15.2. The molecule has 0 bridgehead atoms. The number of fused-ring (bicyclic) bond motifs is 1. The van der Waals surface area contributed by atoms with E-state index in [0.29, 0.717) is 47.6 Å². The molecule has 0 fully saturated rings. The van der Waals surface area contributed by atoms with E-state index in [-0.39, 0.29) is 18.3 Å². The number of benzene rings is 2. The summed E-state index contributed by atoms with van der Waals surface area (Å²) in [6.45, 7) is 2.09. The second kappa shape index (κ2) is 9.30. The fraction of sp³-hybridized carbons (Fsp3) is 0.308. The van der Waals surface area contributed by atoms with Gasteiger partial charge in [-0.25, -0.2) is 4.79 Å². The summed E-state index contributed by atoms with van der Waals surface area (Å²) in [7, 11) is 3.19. The lowest BCUT2D eigenvalue weighted by Crippen LogP contribution is -2.18. The van der Waals surface area contributed by atoms with Crippen LogP contribution in [0.3, 0.4) is 0 Å². The number of esters is 1. The summed E-state index contributed by atoms with van der Waals surface area (Å²) in [6, 6.07) is 15.6. The molecule has 166 valence electrons. The second-order valence-electron chi connectivity index (χ2n) is 7.99. The molecule has 4 rings (SSSR count). The van der Waals surface area contributed by atoms with E-state index in [2.05, 4.69) is 4.98 Å². The van der Waals surface area contributed by atoms with Gasteiger partial charge in [0, 0.05) is 24.1 Å². The van der Waals surface area contributed by atoms with E-state index in [1.807, 2.05) is 48.5 Å². The highest BCUT2D eigenvalue weighted by molar-refractivity contribution is 6.03. The van der Waals surface area contributed by atoms with Crippen molar-refractivity contribution in [3.63, 3.8) is 0 Å². The van der Waals surface area contributed by atoms with E-state index in [1.54, 1.807) is 21.1 Å². The molecule has 1 N–H and O–H groups in total. The van der Waals surface area contributed by atoms with Crippen molar-refractivity contribution in [3.05, 3.63) is 82.2 Å². The number of hydrogen-bond donors (Lipinski definition) is 1. The lowest BCUT2D eigenvalue weighted by molar-refractivity contribution is 0.0502. The molecular weight excluding hydrogens is 406 g/mol. The second-order valence-corrected chi connectivity index (χ2v) is 7.99. The number of nitrogens with one attached hydrogen (secondary N) is 1. The van der Waals surface area contributed by atoms with Gasteiger partial charge in [-0.2, -0.15) is 0 Å². The minimum Gasteiger partial charge on any atom is -0.493 e.